The van der Waals surface area contributed by atoms with Crippen molar-refractivity contribution in [2.45, 2.75) is 13.5 Å². The van der Waals surface area contributed by atoms with E-state index in [1.807, 2.05) is 0 Å². The number of benzene rings is 1. The van der Waals surface area contributed by atoms with Crippen molar-refractivity contribution in [3.05, 3.63) is 69.0 Å². The van der Waals surface area contributed by atoms with Crippen LogP contribution in [0, 0.1) is 28.7 Å². The molecule has 2 amide bonds. The minimum absolute atomic E-state index is 0.0548. The van der Waals surface area contributed by atoms with Gasteiger partial charge in [0.05, 0.1) is 16.9 Å². The fourth-order valence-electron chi connectivity index (χ4n) is 2.52. The zero-order valence-electron chi connectivity index (χ0n) is 16.0. The second kappa shape index (κ2) is 9.06. The number of halogens is 2. The molecule has 3 rings (SSSR count). The highest BCUT2D eigenvalue weighted by molar-refractivity contribution is 5.94. The number of nitro groups is 1. The second-order valence-corrected chi connectivity index (χ2v) is 6.18. The van der Waals surface area contributed by atoms with E-state index in [1.165, 1.54) is 10.7 Å². The summed E-state index contributed by atoms with van der Waals surface area (Å²) < 4.78 is 33.2. The average Bonchev–Trinajstić information content (AvgIpc) is 3.32. The molecule has 0 unspecified atom stereocenters. The number of nitrogens with one attached hydrogen (secondary N) is 2. The van der Waals surface area contributed by atoms with Crippen molar-refractivity contribution in [1.82, 2.24) is 30.6 Å². The molecule has 0 bridgehead atoms. The third-order valence-electron chi connectivity index (χ3n) is 3.99. The lowest BCUT2D eigenvalue weighted by atomic mass is 10.2. The highest BCUT2D eigenvalue weighted by atomic mass is 19.1. The normalized spacial score (nSPS) is 10.7. The lowest BCUT2D eigenvalue weighted by Gasteiger charge is -2.07. The summed E-state index contributed by atoms with van der Waals surface area (Å²) in [6, 6.07) is 4.32. The van der Waals surface area contributed by atoms with Crippen molar-refractivity contribution in [2.75, 3.05) is 13.1 Å². The Labute approximate surface area is 172 Å². The van der Waals surface area contributed by atoms with E-state index in [0.29, 0.717) is 5.69 Å². The number of amides is 2. The van der Waals surface area contributed by atoms with Crippen LogP contribution in [0.15, 0.2) is 28.8 Å². The molecule has 2 heterocycles. The van der Waals surface area contributed by atoms with E-state index in [2.05, 4.69) is 25.9 Å². The lowest BCUT2D eigenvalue weighted by Crippen LogP contribution is -2.35. The summed E-state index contributed by atoms with van der Waals surface area (Å²) in [4.78, 5) is 37.9. The van der Waals surface area contributed by atoms with Crippen LogP contribution in [0.2, 0.25) is 0 Å². The number of nitrogens with zero attached hydrogens (tertiary/aromatic N) is 5. The van der Waals surface area contributed by atoms with Crippen molar-refractivity contribution in [3.8, 4) is 0 Å². The van der Waals surface area contributed by atoms with Crippen molar-refractivity contribution in [1.29, 1.82) is 0 Å². The van der Waals surface area contributed by atoms with E-state index in [4.69, 9.17) is 4.52 Å². The summed E-state index contributed by atoms with van der Waals surface area (Å²) in [5.74, 6) is -4.36. The van der Waals surface area contributed by atoms with Gasteiger partial charge >= 0.3 is 17.6 Å². The molecule has 0 fully saturated rings. The van der Waals surface area contributed by atoms with Crippen LogP contribution in [0.5, 0.6) is 0 Å². The average molecular weight is 435 g/mol. The van der Waals surface area contributed by atoms with E-state index in [1.54, 1.807) is 6.92 Å². The van der Waals surface area contributed by atoms with Gasteiger partial charge in [-0.1, -0.05) is 11.2 Å². The molecule has 162 valence electrons. The predicted octanol–water partition coefficient (Wildman–Crippen LogP) is 0.969. The van der Waals surface area contributed by atoms with Crippen LogP contribution >= 0.6 is 0 Å². The first-order chi connectivity index (χ1) is 14.8. The Bertz CT molecular complexity index is 1120. The third kappa shape index (κ3) is 5.04. The number of hydrogen-bond donors (Lipinski definition) is 2. The summed E-state index contributed by atoms with van der Waals surface area (Å²) in [6.07, 6.45) is 0. The van der Waals surface area contributed by atoms with Crippen molar-refractivity contribution < 1.29 is 27.8 Å². The highest BCUT2D eigenvalue weighted by Crippen LogP contribution is 2.13. The summed E-state index contributed by atoms with van der Waals surface area (Å²) in [7, 11) is 0. The standard InChI is InChI=1S/C17H15F2N7O5/c1-9-7-13(26(29)30)23-25(9)8-12-22-17(31-24-12)16(28)21-6-5-20-15(27)14-10(18)3-2-4-11(14)19/h2-4,7H,5-6,8H2,1H3,(H,20,27)(H,21,28). The summed E-state index contributed by atoms with van der Waals surface area (Å²) in [5.41, 5.74) is -0.228. The lowest BCUT2D eigenvalue weighted by molar-refractivity contribution is -0.389. The van der Waals surface area contributed by atoms with Gasteiger partial charge in [-0.2, -0.15) is 9.67 Å². The Morgan fingerprint density at radius 1 is 1.19 bits per heavy atom. The molecule has 0 spiro atoms. The molecular formula is C17H15F2N7O5. The molecule has 0 aliphatic heterocycles. The fourth-order valence-corrected chi connectivity index (χ4v) is 2.52. The molecule has 1 aromatic carbocycles. The van der Waals surface area contributed by atoms with Crippen LogP contribution < -0.4 is 10.6 Å². The maximum Gasteiger partial charge on any atom is 0.390 e. The first kappa shape index (κ1) is 21.5. The van der Waals surface area contributed by atoms with Crippen molar-refractivity contribution >= 4 is 17.6 Å². The molecule has 0 atom stereocenters. The molecule has 0 aliphatic carbocycles. The minimum Gasteiger partial charge on any atom is -0.358 e. The first-order valence-electron chi connectivity index (χ1n) is 8.78. The van der Waals surface area contributed by atoms with Crippen LogP contribution in [0.25, 0.3) is 0 Å². The van der Waals surface area contributed by atoms with Gasteiger partial charge in [0, 0.05) is 13.1 Å². The summed E-state index contributed by atoms with van der Waals surface area (Å²) in [6.45, 7) is 1.36. The first-order valence-corrected chi connectivity index (χ1v) is 8.78. The van der Waals surface area contributed by atoms with Gasteiger partial charge in [-0.15, -0.1) is 0 Å². The summed E-state index contributed by atoms with van der Waals surface area (Å²) in [5, 5.41) is 22.8. The Kier molecular flexibility index (Phi) is 6.28. The quantitative estimate of drug-likeness (QED) is 0.301. The molecular weight excluding hydrogens is 420 g/mol. The zero-order valence-corrected chi connectivity index (χ0v) is 16.0. The maximum absolute atomic E-state index is 13.5. The number of aryl methyl sites for hydroxylation is 1. The molecule has 0 radical (unpaired) electrons. The van der Waals surface area contributed by atoms with E-state index in [-0.39, 0.29) is 37.2 Å². The molecule has 2 N–H and O–H groups in total. The van der Waals surface area contributed by atoms with Gasteiger partial charge in [0.2, 0.25) is 0 Å². The molecule has 0 saturated carbocycles. The van der Waals surface area contributed by atoms with Gasteiger partial charge in [-0.3, -0.25) is 9.59 Å². The smallest absolute Gasteiger partial charge is 0.358 e. The topological polar surface area (TPSA) is 158 Å². The molecule has 3 aromatic rings. The van der Waals surface area contributed by atoms with Gasteiger partial charge in [0.15, 0.2) is 5.82 Å². The van der Waals surface area contributed by atoms with Crippen LogP contribution in [0.1, 0.15) is 32.6 Å². The largest absolute Gasteiger partial charge is 0.390 e. The van der Waals surface area contributed by atoms with Crippen molar-refractivity contribution in [3.63, 3.8) is 0 Å². The van der Waals surface area contributed by atoms with Crippen molar-refractivity contribution in [2.24, 2.45) is 0 Å². The number of carbonyl (C=O) groups excluding carboxylic acids is 2. The number of aromatic nitrogens is 4. The Balaban J connectivity index is 1.50. The Hall–Kier alpha value is -4.23. The van der Waals surface area contributed by atoms with E-state index in [0.717, 1.165) is 18.2 Å². The molecule has 2 aromatic heterocycles. The Morgan fingerprint density at radius 2 is 1.84 bits per heavy atom. The Morgan fingerprint density at radius 3 is 2.45 bits per heavy atom. The van der Waals surface area contributed by atoms with E-state index >= 15 is 0 Å². The van der Waals surface area contributed by atoms with Gasteiger partial charge in [-0.05, 0) is 24.0 Å². The van der Waals surface area contributed by atoms with Gasteiger partial charge in [0.25, 0.3) is 5.91 Å². The highest BCUT2D eigenvalue weighted by Gasteiger charge is 2.20. The zero-order chi connectivity index (χ0) is 22.5. The third-order valence-corrected chi connectivity index (χ3v) is 3.99. The maximum atomic E-state index is 13.5. The number of hydrogen-bond acceptors (Lipinski definition) is 8. The van der Waals surface area contributed by atoms with Gasteiger partial charge in [0.1, 0.15) is 23.7 Å². The molecule has 14 heteroatoms. The van der Waals surface area contributed by atoms with Crippen LogP contribution in [0.4, 0.5) is 14.6 Å². The molecule has 12 nitrogen and oxygen atoms in total. The predicted molar refractivity (Wildman–Crippen MR) is 98.0 cm³/mol. The minimum atomic E-state index is -1.00. The molecule has 0 aliphatic rings. The number of rotatable bonds is 8. The monoisotopic (exact) mass is 435 g/mol. The summed E-state index contributed by atoms with van der Waals surface area (Å²) >= 11 is 0. The van der Waals surface area contributed by atoms with E-state index < -0.39 is 33.9 Å². The second-order valence-electron chi connectivity index (χ2n) is 6.18. The number of carbonyl (C=O) groups is 2. The SMILES string of the molecule is Cc1cc([N+](=O)[O-])nn1Cc1noc(C(=O)NCCNC(=O)c2c(F)cccc2F)n1. The fraction of sp³-hybridized carbons (Fsp3) is 0.235. The van der Waals surface area contributed by atoms with Gasteiger partial charge < -0.3 is 25.3 Å². The van der Waals surface area contributed by atoms with Gasteiger partial charge in [-0.25, -0.2) is 8.78 Å². The van der Waals surface area contributed by atoms with Crippen LogP contribution in [-0.2, 0) is 6.54 Å². The van der Waals surface area contributed by atoms with Crippen LogP contribution in [-0.4, -0.2) is 49.7 Å². The molecule has 0 saturated heterocycles. The van der Waals surface area contributed by atoms with E-state index in [9.17, 15) is 28.5 Å². The molecule has 31 heavy (non-hydrogen) atoms. The van der Waals surface area contributed by atoms with Crippen LogP contribution in [0.3, 0.4) is 0 Å².